The molecule has 9 heteroatoms. The highest BCUT2D eigenvalue weighted by Gasteiger charge is 2.13. The molecule has 0 aliphatic heterocycles. The van der Waals surface area contributed by atoms with Gasteiger partial charge in [-0.2, -0.15) is 0 Å². The summed E-state index contributed by atoms with van der Waals surface area (Å²) in [6, 6.07) is 15.9. The van der Waals surface area contributed by atoms with E-state index in [2.05, 4.69) is 33.4 Å². The van der Waals surface area contributed by atoms with Crippen molar-refractivity contribution in [2.24, 2.45) is 0 Å². The molecule has 3 N–H and O–H groups in total. The Morgan fingerprint density at radius 1 is 1.06 bits per heavy atom. The largest absolute Gasteiger partial charge is 0.493 e. The SMILES string of the molecule is CC(C)Oc1ccc(CCCOc2ccc(CNCCCP(=O)(O)O)cc2-c2ccco2)cc1Br. The van der Waals surface area contributed by atoms with E-state index < -0.39 is 7.60 Å². The number of nitrogens with one attached hydrogen (secondary N) is 1. The highest BCUT2D eigenvalue weighted by atomic mass is 79.9. The molecule has 7 nitrogen and oxygen atoms in total. The lowest BCUT2D eigenvalue weighted by molar-refractivity contribution is 0.241. The van der Waals surface area contributed by atoms with E-state index >= 15 is 0 Å². The number of hydrogen-bond acceptors (Lipinski definition) is 5. The zero-order chi connectivity index (χ0) is 25.3. The zero-order valence-electron chi connectivity index (χ0n) is 20.1. The molecule has 35 heavy (non-hydrogen) atoms. The van der Waals surface area contributed by atoms with Crippen LogP contribution in [-0.4, -0.2) is 35.2 Å². The van der Waals surface area contributed by atoms with Gasteiger partial charge in [0.2, 0.25) is 0 Å². The van der Waals surface area contributed by atoms with Crippen molar-refractivity contribution in [1.82, 2.24) is 5.32 Å². The maximum absolute atomic E-state index is 11.0. The maximum Gasteiger partial charge on any atom is 0.325 e. The van der Waals surface area contributed by atoms with E-state index in [1.807, 2.05) is 50.2 Å². The Morgan fingerprint density at radius 3 is 2.51 bits per heavy atom. The van der Waals surface area contributed by atoms with E-state index in [-0.39, 0.29) is 12.3 Å². The summed E-state index contributed by atoms with van der Waals surface area (Å²) in [6.45, 7) is 5.69. The number of aryl methyl sites for hydroxylation is 1. The Kier molecular flexibility index (Phi) is 10.4. The molecule has 0 saturated heterocycles. The van der Waals surface area contributed by atoms with Gasteiger partial charge in [0, 0.05) is 6.54 Å². The molecule has 0 amide bonds. The molecule has 3 rings (SSSR count). The highest BCUT2D eigenvalue weighted by Crippen LogP contribution is 2.35. The van der Waals surface area contributed by atoms with Gasteiger partial charge in [0.1, 0.15) is 17.3 Å². The lowest BCUT2D eigenvalue weighted by atomic mass is 10.1. The summed E-state index contributed by atoms with van der Waals surface area (Å²) in [7, 11) is -3.95. The Bertz CT molecular complexity index is 1110. The van der Waals surface area contributed by atoms with Crippen LogP contribution in [0.15, 0.2) is 63.7 Å². The Labute approximate surface area is 215 Å². The minimum Gasteiger partial charge on any atom is -0.493 e. The standard InChI is InChI=1S/C26H33BrNO6P/c1-19(2)34-26-11-8-20(17-23(26)27)6-3-13-33-25-10-9-21(16-22(25)24-7-4-14-32-24)18-28-12-5-15-35(29,30)31/h4,7-11,14,16-17,19,28H,3,5-6,12-13,15,18H2,1-2H3,(H2,29,30,31). The number of furan rings is 1. The molecule has 0 saturated carbocycles. The van der Waals surface area contributed by atoms with E-state index in [9.17, 15) is 4.57 Å². The van der Waals surface area contributed by atoms with Crippen molar-refractivity contribution in [3.8, 4) is 22.8 Å². The molecule has 0 aliphatic rings. The van der Waals surface area contributed by atoms with Crippen molar-refractivity contribution in [2.75, 3.05) is 19.3 Å². The molecule has 0 spiro atoms. The Morgan fingerprint density at radius 2 is 1.83 bits per heavy atom. The van der Waals surface area contributed by atoms with Crippen molar-refractivity contribution in [3.63, 3.8) is 0 Å². The molecule has 0 bridgehead atoms. The van der Waals surface area contributed by atoms with Gasteiger partial charge in [-0.1, -0.05) is 12.1 Å². The van der Waals surface area contributed by atoms with Gasteiger partial charge in [0.05, 0.1) is 35.2 Å². The molecule has 190 valence electrons. The third-order valence-electron chi connectivity index (χ3n) is 5.19. The third kappa shape index (κ3) is 9.47. The molecular formula is C26H33BrNO6P. The van der Waals surface area contributed by atoms with Gasteiger partial charge in [0.25, 0.3) is 0 Å². The van der Waals surface area contributed by atoms with Crippen LogP contribution in [0.25, 0.3) is 11.3 Å². The summed E-state index contributed by atoms with van der Waals surface area (Å²) < 4.78 is 29.4. The van der Waals surface area contributed by atoms with E-state index in [4.69, 9.17) is 23.7 Å². The fraction of sp³-hybridized carbons (Fsp3) is 0.385. The molecule has 2 aromatic carbocycles. The number of rotatable bonds is 14. The van der Waals surface area contributed by atoms with Crippen molar-refractivity contribution in [1.29, 1.82) is 0 Å². The van der Waals surface area contributed by atoms with Crippen LogP contribution >= 0.6 is 23.5 Å². The summed E-state index contributed by atoms with van der Waals surface area (Å²) in [6.07, 6.45) is 3.81. The molecule has 0 fully saturated rings. The summed E-state index contributed by atoms with van der Waals surface area (Å²) in [5.74, 6) is 2.33. The van der Waals surface area contributed by atoms with Gasteiger partial charge in [-0.15, -0.1) is 0 Å². The zero-order valence-corrected chi connectivity index (χ0v) is 22.6. The van der Waals surface area contributed by atoms with Crippen LogP contribution in [0.3, 0.4) is 0 Å². The van der Waals surface area contributed by atoms with Crippen LogP contribution in [0.5, 0.6) is 11.5 Å². The van der Waals surface area contributed by atoms with Crippen molar-refractivity contribution in [2.45, 2.75) is 45.8 Å². The second-order valence-corrected chi connectivity index (χ2v) is 11.2. The average Bonchev–Trinajstić information content (AvgIpc) is 3.32. The average molecular weight is 566 g/mol. The maximum atomic E-state index is 11.0. The summed E-state index contributed by atoms with van der Waals surface area (Å²) in [5, 5.41) is 3.23. The molecule has 1 heterocycles. The first-order valence-corrected chi connectivity index (χ1v) is 14.3. The van der Waals surface area contributed by atoms with Gasteiger partial charge in [-0.05, 0) is 103 Å². The molecule has 0 unspecified atom stereocenters. The van der Waals surface area contributed by atoms with E-state index in [0.29, 0.717) is 26.1 Å². The van der Waals surface area contributed by atoms with Crippen LogP contribution in [-0.2, 0) is 17.5 Å². The number of ether oxygens (including phenoxy) is 2. The van der Waals surface area contributed by atoms with Crippen LogP contribution in [0.4, 0.5) is 0 Å². The van der Waals surface area contributed by atoms with E-state index in [0.717, 1.165) is 45.7 Å². The molecular weight excluding hydrogens is 533 g/mol. The minimum absolute atomic E-state index is 0.114. The van der Waals surface area contributed by atoms with Crippen LogP contribution < -0.4 is 14.8 Å². The molecule has 0 atom stereocenters. The predicted molar refractivity (Wildman–Crippen MR) is 141 cm³/mol. The molecule has 1 aromatic heterocycles. The normalized spacial score (nSPS) is 11.7. The van der Waals surface area contributed by atoms with Gasteiger partial charge in [0.15, 0.2) is 0 Å². The fourth-order valence-corrected chi connectivity index (χ4v) is 4.68. The van der Waals surface area contributed by atoms with E-state index in [1.54, 1.807) is 6.26 Å². The van der Waals surface area contributed by atoms with Gasteiger partial charge in [-0.3, -0.25) is 4.57 Å². The monoisotopic (exact) mass is 565 g/mol. The number of benzene rings is 2. The highest BCUT2D eigenvalue weighted by molar-refractivity contribution is 9.10. The van der Waals surface area contributed by atoms with Crippen molar-refractivity contribution in [3.05, 3.63) is 70.4 Å². The van der Waals surface area contributed by atoms with Crippen molar-refractivity contribution < 1.29 is 28.2 Å². The second-order valence-electron chi connectivity index (χ2n) is 8.61. The lowest BCUT2D eigenvalue weighted by Crippen LogP contribution is -2.16. The smallest absolute Gasteiger partial charge is 0.325 e. The molecule has 0 radical (unpaired) electrons. The van der Waals surface area contributed by atoms with Crippen LogP contribution in [0.1, 0.15) is 37.8 Å². The number of halogens is 1. The van der Waals surface area contributed by atoms with Gasteiger partial charge in [-0.25, -0.2) is 0 Å². The van der Waals surface area contributed by atoms with Gasteiger partial charge >= 0.3 is 7.60 Å². The lowest BCUT2D eigenvalue weighted by Gasteiger charge is -2.14. The first-order valence-electron chi connectivity index (χ1n) is 11.7. The van der Waals surface area contributed by atoms with E-state index in [1.165, 1.54) is 5.56 Å². The molecule has 0 aliphatic carbocycles. The second kappa shape index (κ2) is 13.3. The quantitative estimate of drug-likeness (QED) is 0.159. The third-order valence-corrected chi connectivity index (χ3v) is 6.71. The van der Waals surface area contributed by atoms with Crippen molar-refractivity contribution >= 4 is 23.5 Å². The van der Waals surface area contributed by atoms with Crippen LogP contribution in [0, 0.1) is 0 Å². The Balaban J connectivity index is 1.55. The first-order chi connectivity index (χ1) is 16.7. The predicted octanol–water partition coefficient (Wildman–Crippen LogP) is 6.17. The van der Waals surface area contributed by atoms with Crippen LogP contribution in [0.2, 0.25) is 0 Å². The fourth-order valence-electron chi connectivity index (χ4n) is 3.59. The van der Waals surface area contributed by atoms with Gasteiger partial charge < -0.3 is 29.0 Å². The number of hydrogen-bond donors (Lipinski definition) is 3. The molecule has 3 aromatic rings. The summed E-state index contributed by atoms with van der Waals surface area (Å²) >= 11 is 3.59. The summed E-state index contributed by atoms with van der Waals surface area (Å²) in [5.41, 5.74) is 3.12. The first kappa shape index (κ1) is 27.5. The topological polar surface area (TPSA) is 101 Å². The summed E-state index contributed by atoms with van der Waals surface area (Å²) in [4.78, 5) is 17.9. The minimum atomic E-state index is -3.95. The Hall–Kier alpha value is -2.09.